The van der Waals surface area contributed by atoms with Crippen molar-refractivity contribution in [3.63, 3.8) is 0 Å². The number of nitrogens with zero attached hydrogens (tertiary/aromatic N) is 6. The maximum absolute atomic E-state index is 13.4. The summed E-state index contributed by atoms with van der Waals surface area (Å²) >= 11 is 0. The number of aliphatic hydroxyl groups is 1. The van der Waals surface area contributed by atoms with Gasteiger partial charge in [0.1, 0.15) is 17.2 Å². The van der Waals surface area contributed by atoms with Gasteiger partial charge < -0.3 is 24.8 Å². The molecule has 3 aromatic rings. The molecule has 4 heterocycles. The number of benzene rings is 1. The Bertz CT molecular complexity index is 1400. The van der Waals surface area contributed by atoms with Gasteiger partial charge in [0.05, 0.1) is 31.0 Å². The zero-order valence-electron chi connectivity index (χ0n) is 23.0. The highest BCUT2D eigenvalue weighted by molar-refractivity contribution is 6.05. The maximum atomic E-state index is 13.4. The van der Waals surface area contributed by atoms with Crippen LogP contribution >= 0.6 is 0 Å². The van der Waals surface area contributed by atoms with E-state index in [9.17, 15) is 14.7 Å². The molecule has 1 atom stereocenters. The lowest BCUT2D eigenvalue weighted by atomic mass is 10.1. The van der Waals surface area contributed by atoms with Crippen molar-refractivity contribution in [2.24, 2.45) is 7.05 Å². The van der Waals surface area contributed by atoms with Crippen molar-refractivity contribution in [1.29, 1.82) is 0 Å². The van der Waals surface area contributed by atoms with Gasteiger partial charge in [-0.2, -0.15) is 5.10 Å². The molecule has 3 amide bonds. The molecule has 2 aliphatic heterocycles. The molecule has 2 aromatic heterocycles. The van der Waals surface area contributed by atoms with Crippen LogP contribution < -0.4 is 19.9 Å². The lowest BCUT2D eigenvalue weighted by Crippen LogP contribution is -2.57. The number of aromatic nitrogens is 3. The summed E-state index contributed by atoms with van der Waals surface area (Å²) in [5, 5.41) is 18.3. The predicted octanol–water partition coefficient (Wildman–Crippen LogP) is 2.99. The van der Waals surface area contributed by atoms with E-state index in [1.807, 2.05) is 46.1 Å². The summed E-state index contributed by atoms with van der Waals surface area (Å²) in [4.78, 5) is 36.0. The monoisotopic (exact) mass is 537 g/mol. The average molecular weight is 538 g/mol. The molecule has 0 aliphatic carbocycles. The number of carbonyl (C=O) groups excluding carboxylic acids is 2. The summed E-state index contributed by atoms with van der Waals surface area (Å²) < 4.78 is 12.8. The summed E-state index contributed by atoms with van der Waals surface area (Å²) in [6.07, 6.45) is 3.78. The third-order valence-electron chi connectivity index (χ3n) is 6.94. The van der Waals surface area contributed by atoms with Gasteiger partial charge >= 0.3 is 12.1 Å². The molecule has 2 aliphatic rings. The second-order valence-electron chi connectivity index (χ2n) is 10.8. The minimum absolute atomic E-state index is 0.180. The first-order valence-corrected chi connectivity index (χ1v) is 13.0. The number of rotatable bonds is 4. The van der Waals surface area contributed by atoms with Crippen LogP contribution in [0.15, 0.2) is 30.6 Å². The SMILES string of the molecule is COc1cc2nn(C)cc2cc1NC(=O)N1CCc2c(N3CCN(C(=O)OC(C)(C)C)[C@@H](CO)C3)ccnc21. The zero-order chi connectivity index (χ0) is 27.9. The van der Waals surface area contributed by atoms with Crippen LogP contribution in [-0.2, 0) is 18.2 Å². The molecular weight excluding hydrogens is 502 g/mol. The van der Waals surface area contributed by atoms with Gasteiger partial charge in [0.2, 0.25) is 0 Å². The van der Waals surface area contributed by atoms with Gasteiger partial charge in [0.25, 0.3) is 0 Å². The molecule has 0 saturated carbocycles. The number of hydrogen-bond donors (Lipinski definition) is 2. The van der Waals surface area contributed by atoms with E-state index in [1.165, 1.54) is 0 Å². The Balaban J connectivity index is 1.34. The van der Waals surface area contributed by atoms with Gasteiger partial charge in [-0.3, -0.25) is 14.5 Å². The van der Waals surface area contributed by atoms with Gasteiger partial charge in [-0.25, -0.2) is 14.6 Å². The Morgan fingerprint density at radius 1 is 1.21 bits per heavy atom. The number of urea groups is 1. The summed E-state index contributed by atoms with van der Waals surface area (Å²) in [6, 6.07) is 4.86. The molecule has 1 aromatic carbocycles. The van der Waals surface area contributed by atoms with Crippen LogP contribution in [0.4, 0.5) is 26.8 Å². The van der Waals surface area contributed by atoms with Gasteiger partial charge in [-0.05, 0) is 39.3 Å². The van der Waals surface area contributed by atoms with Crippen LogP contribution in [0.25, 0.3) is 10.9 Å². The number of carbonyl (C=O) groups is 2. The zero-order valence-corrected chi connectivity index (χ0v) is 23.0. The Labute approximate surface area is 227 Å². The number of aryl methyl sites for hydroxylation is 1. The first-order valence-electron chi connectivity index (χ1n) is 13.0. The number of nitrogens with one attached hydrogen (secondary N) is 1. The van der Waals surface area contributed by atoms with Gasteiger partial charge in [-0.15, -0.1) is 0 Å². The van der Waals surface area contributed by atoms with Crippen molar-refractivity contribution < 1.29 is 24.2 Å². The molecule has 0 unspecified atom stereocenters. The van der Waals surface area contributed by atoms with E-state index < -0.39 is 17.7 Å². The molecule has 2 N–H and O–H groups in total. The quantitative estimate of drug-likeness (QED) is 0.520. The summed E-state index contributed by atoms with van der Waals surface area (Å²) in [5.41, 5.74) is 2.63. The first-order chi connectivity index (χ1) is 18.6. The Morgan fingerprint density at radius 3 is 2.72 bits per heavy atom. The number of hydrogen-bond acceptors (Lipinski definition) is 8. The van der Waals surface area contributed by atoms with E-state index in [4.69, 9.17) is 9.47 Å². The number of ether oxygens (including phenoxy) is 2. The van der Waals surface area contributed by atoms with E-state index >= 15 is 0 Å². The molecule has 0 spiro atoms. The average Bonchev–Trinajstić information content (AvgIpc) is 3.49. The first kappa shape index (κ1) is 26.5. The topological polar surface area (TPSA) is 125 Å². The molecule has 0 radical (unpaired) electrons. The third kappa shape index (κ3) is 5.29. The molecule has 1 saturated heterocycles. The van der Waals surface area contributed by atoms with Gasteiger partial charge in [0, 0.05) is 68.3 Å². The minimum atomic E-state index is -0.613. The summed E-state index contributed by atoms with van der Waals surface area (Å²) in [5.74, 6) is 1.12. The van der Waals surface area contributed by atoms with E-state index in [-0.39, 0.29) is 12.6 Å². The summed E-state index contributed by atoms with van der Waals surface area (Å²) in [6.45, 7) is 7.20. The van der Waals surface area contributed by atoms with E-state index in [1.54, 1.807) is 33.9 Å². The van der Waals surface area contributed by atoms with Crippen molar-refractivity contribution >= 4 is 40.2 Å². The summed E-state index contributed by atoms with van der Waals surface area (Å²) in [7, 11) is 3.40. The number of pyridine rings is 1. The highest BCUT2D eigenvalue weighted by Crippen LogP contribution is 2.36. The van der Waals surface area contributed by atoms with Crippen LogP contribution in [0, 0.1) is 0 Å². The highest BCUT2D eigenvalue weighted by atomic mass is 16.6. The molecule has 208 valence electrons. The fourth-order valence-corrected chi connectivity index (χ4v) is 5.18. The van der Waals surface area contributed by atoms with E-state index in [2.05, 4.69) is 20.3 Å². The largest absolute Gasteiger partial charge is 0.494 e. The normalized spacial score (nSPS) is 17.4. The van der Waals surface area contributed by atoms with Crippen LogP contribution in [0.3, 0.4) is 0 Å². The van der Waals surface area contributed by atoms with Crippen LogP contribution in [0.1, 0.15) is 26.3 Å². The molecule has 5 rings (SSSR count). The second-order valence-corrected chi connectivity index (χ2v) is 10.8. The van der Waals surface area contributed by atoms with Crippen molar-refractivity contribution in [2.75, 3.05) is 55.0 Å². The van der Waals surface area contributed by atoms with Crippen molar-refractivity contribution in [3.05, 3.63) is 36.2 Å². The van der Waals surface area contributed by atoms with Crippen LogP contribution in [-0.4, -0.2) is 88.4 Å². The lowest BCUT2D eigenvalue weighted by molar-refractivity contribution is 0.00703. The second kappa shape index (κ2) is 10.3. The third-order valence-corrected chi connectivity index (χ3v) is 6.94. The lowest BCUT2D eigenvalue weighted by Gasteiger charge is -2.42. The fraction of sp³-hybridized carbons (Fsp3) is 0.481. The smallest absolute Gasteiger partial charge is 0.410 e. The maximum Gasteiger partial charge on any atom is 0.410 e. The van der Waals surface area contributed by atoms with Gasteiger partial charge in [0.15, 0.2) is 0 Å². The fourth-order valence-electron chi connectivity index (χ4n) is 5.18. The molecule has 39 heavy (non-hydrogen) atoms. The molecular formula is C27H35N7O5. The van der Waals surface area contributed by atoms with Gasteiger partial charge in [-0.1, -0.05) is 0 Å². The number of fused-ring (bicyclic) bond motifs is 2. The number of anilines is 3. The molecule has 0 bridgehead atoms. The number of methoxy groups -OCH3 is 1. The van der Waals surface area contributed by atoms with Crippen LogP contribution in [0.2, 0.25) is 0 Å². The minimum Gasteiger partial charge on any atom is -0.494 e. The number of piperazine rings is 1. The highest BCUT2D eigenvalue weighted by Gasteiger charge is 2.36. The van der Waals surface area contributed by atoms with Crippen molar-refractivity contribution in [3.8, 4) is 5.75 Å². The Hall–Kier alpha value is -4.06. The number of aliphatic hydroxyl groups excluding tert-OH is 1. The Kier molecular flexibility index (Phi) is 6.98. The van der Waals surface area contributed by atoms with E-state index in [0.717, 1.165) is 22.2 Å². The predicted molar refractivity (Wildman–Crippen MR) is 148 cm³/mol. The van der Waals surface area contributed by atoms with Crippen molar-refractivity contribution in [2.45, 2.75) is 38.8 Å². The molecule has 1 fully saturated rings. The standard InChI is InChI=1S/C27H35N7O5/c1-27(2,3)39-26(37)33-11-10-32(15-18(33)16-35)22-6-8-28-24-19(22)7-9-34(24)25(36)29-21-12-17-14-31(4)30-20(17)13-23(21)38-5/h6,8,12-14,18,35H,7,9-11,15-16H2,1-5H3,(H,29,36)/t18-/m1/s1. The molecule has 12 heteroatoms. The van der Waals surface area contributed by atoms with Crippen LogP contribution in [0.5, 0.6) is 5.75 Å². The van der Waals surface area contributed by atoms with E-state index in [0.29, 0.717) is 49.9 Å². The Morgan fingerprint density at radius 2 is 2.00 bits per heavy atom. The van der Waals surface area contributed by atoms with Crippen molar-refractivity contribution in [1.82, 2.24) is 19.7 Å². The molecule has 12 nitrogen and oxygen atoms in total. The number of amides is 3.